The Kier molecular flexibility index (Phi) is 7.00. The van der Waals surface area contributed by atoms with E-state index in [4.69, 9.17) is 15.2 Å². The highest BCUT2D eigenvalue weighted by atomic mass is 35.5. The van der Waals surface area contributed by atoms with Crippen LogP contribution < -0.4 is 15.8 Å². The molecule has 6 nitrogen and oxygen atoms in total. The summed E-state index contributed by atoms with van der Waals surface area (Å²) in [4.78, 5) is 18.1. The monoisotopic (exact) mass is 397 g/mol. The van der Waals surface area contributed by atoms with Gasteiger partial charge in [0, 0.05) is 23.7 Å². The molecular weight excluding hydrogens is 374 g/mol. The molecule has 1 saturated heterocycles. The van der Waals surface area contributed by atoms with Crippen LogP contribution in [0.5, 0.6) is 5.75 Å². The van der Waals surface area contributed by atoms with E-state index in [-0.39, 0.29) is 18.3 Å². The molecule has 0 unspecified atom stereocenters. The topological polar surface area (TPSA) is 86.5 Å². The number of halogens is 1. The number of amides is 1. The molecule has 1 aliphatic rings. The maximum atomic E-state index is 12.5. The summed E-state index contributed by atoms with van der Waals surface area (Å²) >= 11 is 1.45. The number of ether oxygens (including phenoxy) is 2. The Hall–Kier alpha value is -1.67. The molecule has 3 rings (SSSR count). The van der Waals surface area contributed by atoms with Gasteiger partial charge in [-0.2, -0.15) is 0 Å². The fourth-order valence-electron chi connectivity index (χ4n) is 2.78. The summed E-state index contributed by atoms with van der Waals surface area (Å²) in [6, 6.07) is 7.79. The quantitative estimate of drug-likeness (QED) is 0.807. The maximum Gasteiger partial charge on any atom is 0.246 e. The van der Waals surface area contributed by atoms with Gasteiger partial charge < -0.3 is 20.5 Å². The van der Waals surface area contributed by atoms with Crippen molar-refractivity contribution in [1.29, 1.82) is 0 Å². The van der Waals surface area contributed by atoms with Gasteiger partial charge in [-0.3, -0.25) is 4.79 Å². The number of carbonyl (C=O) groups is 1. The van der Waals surface area contributed by atoms with E-state index in [1.165, 1.54) is 11.3 Å². The highest BCUT2D eigenvalue weighted by Gasteiger charge is 2.36. The largest absolute Gasteiger partial charge is 0.494 e. The van der Waals surface area contributed by atoms with E-state index in [0.29, 0.717) is 37.8 Å². The number of nitrogens with one attached hydrogen (secondary N) is 1. The summed E-state index contributed by atoms with van der Waals surface area (Å²) in [7, 11) is 0. The summed E-state index contributed by atoms with van der Waals surface area (Å²) < 4.78 is 10.8. The van der Waals surface area contributed by atoms with Crippen molar-refractivity contribution >= 4 is 34.8 Å². The van der Waals surface area contributed by atoms with E-state index in [1.54, 1.807) is 0 Å². The molecule has 2 aromatic rings. The summed E-state index contributed by atoms with van der Waals surface area (Å²) in [5.74, 6) is 0.639. The molecule has 1 aliphatic heterocycles. The van der Waals surface area contributed by atoms with E-state index in [0.717, 1.165) is 21.9 Å². The van der Waals surface area contributed by atoms with Crippen molar-refractivity contribution in [2.45, 2.75) is 32.2 Å². The predicted molar refractivity (Wildman–Crippen MR) is 106 cm³/mol. The van der Waals surface area contributed by atoms with Gasteiger partial charge in [0.05, 0.1) is 12.3 Å². The van der Waals surface area contributed by atoms with E-state index >= 15 is 0 Å². The zero-order valence-corrected chi connectivity index (χ0v) is 16.5. The molecule has 0 radical (unpaired) electrons. The summed E-state index contributed by atoms with van der Waals surface area (Å²) in [6.07, 6.45) is 1.05. The fourth-order valence-corrected chi connectivity index (χ4v) is 3.61. The minimum atomic E-state index is -0.878. The highest BCUT2D eigenvalue weighted by molar-refractivity contribution is 7.16. The van der Waals surface area contributed by atoms with Crippen molar-refractivity contribution < 1.29 is 14.3 Å². The lowest BCUT2D eigenvalue weighted by atomic mass is 9.90. The standard InChI is InChI=1S/C18H23N3O3S.ClH/c1-3-24-14-6-4-13(5-7-14)15-12(2)25-17(20-15)21-16(22)18(19)8-10-23-11-9-18;/h4-7H,3,8-11,19H2,1-2H3,(H,20,21,22);1H. The van der Waals surface area contributed by atoms with Crippen LogP contribution in [0.2, 0.25) is 0 Å². The maximum absolute atomic E-state index is 12.5. The number of hydrogen-bond acceptors (Lipinski definition) is 6. The van der Waals surface area contributed by atoms with Gasteiger partial charge in [-0.15, -0.1) is 23.7 Å². The number of carbonyl (C=O) groups excluding carboxylic acids is 1. The van der Waals surface area contributed by atoms with Gasteiger partial charge in [-0.1, -0.05) is 0 Å². The molecular formula is C18H24ClN3O3S. The van der Waals surface area contributed by atoms with Crippen molar-refractivity contribution in [1.82, 2.24) is 4.98 Å². The minimum Gasteiger partial charge on any atom is -0.494 e. The molecule has 0 aliphatic carbocycles. The van der Waals surface area contributed by atoms with Crippen LogP contribution in [-0.4, -0.2) is 36.3 Å². The van der Waals surface area contributed by atoms with Crippen molar-refractivity contribution in [2.24, 2.45) is 5.73 Å². The number of thiazole rings is 1. The molecule has 0 spiro atoms. The lowest BCUT2D eigenvalue weighted by Crippen LogP contribution is -2.54. The minimum absolute atomic E-state index is 0. The number of benzene rings is 1. The lowest BCUT2D eigenvalue weighted by Gasteiger charge is -2.31. The third-order valence-corrected chi connectivity index (χ3v) is 5.18. The number of anilines is 1. The molecule has 0 bridgehead atoms. The molecule has 1 aromatic heterocycles. The second kappa shape index (κ2) is 8.81. The Balaban J connectivity index is 0.00000243. The third kappa shape index (κ3) is 4.54. The van der Waals surface area contributed by atoms with E-state index < -0.39 is 5.54 Å². The van der Waals surface area contributed by atoms with Gasteiger partial charge in [0.15, 0.2) is 5.13 Å². The van der Waals surface area contributed by atoms with E-state index in [1.807, 2.05) is 38.1 Å². The summed E-state index contributed by atoms with van der Waals surface area (Å²) in [5.41, 5.74) is 7.20. The zero-order valence-electron chi connectivity index (χ0n) is 14.9. The number of aromatic nitrogens is 1. The van der Waals surface area contributed by atoms with Crippen LogP contribution in [0.25, 0.3) is 11.3 Å². The van der Waals surface area contributed by atoms with Crippen molar-refractivity contribution in [3.05, 3.63) is 29.1 Å². The first-order valence-corrected chi connectivity index (χ1v) is 9.22. The van der Waals surface area contributed by atoms with Crippen LogP contribution in [0.1, 0.15) is 24.6 Å². The molecule has 8 heteroatoms. The molecule has 0 atom stereocenters. The Bertz CT molecular complexity index is 743. The first kappa shape index (κ1) is 20.6. The van der Waals surface area contributed by atoms with Crippen LogP contribution >= 0.6 is 23.7 Å². The van der Waals surface area contributed by atoms with Crippen molar-refractivity contribution in [2.75, 3.05) is 25.1 Å². The van der Waals surface area contributed by atoms with Gasteiger partial charge in [-0.25, -0.2) is 4.98 Å². The molecule has 1 aromatic carbocycles. The van der Waals surface area contributed by atoms with Gasteiger partial charge in [0.1, 0.15) is 11.3 Å². The number of rotatable bonds is 5. The average molecular weight is 398 g/mol. The lowest BCUT2D eigenvalue weighted by molar-refractivity contribution is -0.124. The number of aryl methyl sites for hydroxylation is 1. The molecule has 2 heterocycles. The average Bonchev–Trinajstić information content (AvgIpc) is 2.97. The highest BCUT2D eigenvalue weighted by Crippen LogP contribution is 2.32. The Morgan fingerprint density at radius 1 is 1.35 bits per heavy atom. The molecule has 1 fully saturated rings. The van der Waals surface area contributed by atoms with Gasteiger partial charge in [-0.05, 0) is 51.0 Å². The Morgan fingerprint density at radius 3 is 2.62 bits per heavy atom. The third-order valence-electron chi connectivity index (χ3n) is 4.29. The zero-order chi connectivity index (χ0) is 17.9. The van der Waals surface area contributed by atoms with E-state index in [2.05, 4.69) is 10.3 Å². The number of nitrogens with zero attached hydrogens (tertiary/aromatic N) is 1. The number of nitrogens with two attached hydrogens (primary N) is 1. The smallest absolute Gasteiger partial charge is 0.246 e. The molecule has 0 saturated carbocycles. The van der Waals surface area contributed by atoms with Crippen LogP contribution in [-0.2, 0) is 9.53 Å². The Morgan fingerprint density at radius 2 is 2.00 bits per heavy atom. The van der Waals surface area contributed by atoms with Gasteiger partial charge >= 0.3 is 0 Å². The molecule has 3 N–H and O–H groups in total. The first-order chi connectivity index (χ1) is 12.0. The van der Waals surface area contributed by atoms with Gasteiger partial charge in [0.2, 0.25) is 5.91 Å². The van der Waals surface area contributed by atoms with Crippen molar-refractivity contribution in [3.8, 4) is 17.0 Å². The molecule has 142 valence electrons. The normalized spacial score (nSPS) is 15.8. The fraction of sp³-hybridized carbons (Fsp3) is 0.444. The predicted octanol–water partition coefficient (Wildman–Crippen LogP) is 3.39. The molecule has 26 heavy (non-hydrogen) atoms. The van der Waals surface area contributed by atoms with Crippen LogP contribution in [0.3, 0.4) is 0 Å². The second-order valence-electron chi connectivity index (χ2n) is 6.10. The van der Waals surface area contributed by atoms with Crippen LogP contribution in [0, 0.1) is 6.92 Å². The van der Waals surface area contributed by atoms with Crippen molar-refractivity contribution in [3.63, 3.8) is 0 Å². The number of hydrogen-bond donors (Lipinski definition) is 2. The summed E-state index contributed by atoms with van der Waals surface area (Å²) in [6.45, 7) is 5.61. The molecule has 1 amide bonds. The van der Waals surface area contributed by atoms with Crippen LogP contribution in [0.4, 0.5) is 5.13 Å². The van der Waals surface area contributed by atoms with Crippen LogP contribution in [0.15, 0.2) is 24.3 Å². The Labute approximate surface area is 163 Å². The first-order valence-electron chi connectivity index (χ1n) is 8.40. The SMILES string of the molecule is CCOc1ccc(-c2nc(NC(=O)C3(N)CCOCC3)sc2C)cc1.Cl. The second-order valence-corrected chi connectivity index (χ2v) is 7.31. The summed E-state index contributed by atoms with van der Waals surface area (Å²) in [5, 5.41) is 3.45. The van der Waals surface area contributed by atoms with Gasteiger partial charge in [0.25, 0.3) is 0 Å². The van der Waals surface area contributed by atoms with E-state index in [9.17, 15) is 4.79 Å².